The smallest absolute Gasteiger partial charge is 0.134 e. The average Bonchev–Trinajstić information content (AvgIpc) is 3.23. The molecule has 3 N–H and O–H groups in total. The van der Waals surface area contributed by atoms with Crippen LogP contribution in [0.4, 0.5) is 11.6 Å². The van der Waals surface area contributed by atoms with Gasteiger partial charge in [-0.3, -0.25) is 0 Å². The molecule has 1 heterocycles. The molecular formula is C14H22N4. The molecule has 0 radical (unpaired) electrons. The summed E-state index contributed by atoms with van der Waals surface area (Å²) in [6.07, 6.45) is 9.20. The van der Waals surface area contributed by atoms with E-state index in [1.807, 2.05) is 0 Å². The van der Waals surface area contributed by atoms with Gasteiger partial charge in [-0.05, 0) is 43.4 Å². The van der Waals surface area contributed by atoms with Gasteiger partial charge in [0.25, 0.3) is 0 Å². The summed E-state index contributed by atoms with van der Waals surface area (Å²) < 4.78 is 0. The largest absolute Gasteiger partial charge is 0.383 e. The zero-order valence-corrected chi connectivity index (χ0v) is 11.1. The van der Waals surface area contributed by atoms with Crippen molar-refractivity contribution in [2.24, 2.45) is 11.3 Å². The third kappa shape index (κ3) is 2.16. The molecular weight excluding hydrogens is 224 g/mol. The second kappa shape index (κ2) is 4.41. The molecule has 0 saturated heterocycles. The van der Waals surface area contributed by atoms with Crippen molar-refractivity contribution in [2.45, 2.75) is 45.4 Å². The third-order valence-corrected chi connectivity index (χ3v) is 4.42. The minimum absolute atomic E-state index is 0.587. The van der Waals surface area contributed by atoms with E-state index in [0.717, 1.165) is 36.7 Å². The highest BCUT2D eigenvalue weighted by atomic mass is 15.0. The van der Waals surface area contributed by atoms with Gasteiger partial charge >= 0.3 is 0 Å². The van der Waals surface area contributed by atoms with E-state index in [9.17, 15) is 0 Å². The van der Waals surface area contributed by atoms with Gasteiger partial charge in [0, 0.05) is 12.1 Å². The molecule has 0 amide bonds. The van der Waals surface area contributed by atoms with E-state index >= 15 is 0 Å². The second-order valence-electron chi connectivity index (χ2n) is 5.83. The zero-order valence-electron chi connectivity index (χ0n) is 11.1. The molecule has 3 rings (SSSR count). The highest BCUT2D eigenvalue weighted by Crippen LogP contribution is 2.61. The molecule has 18 heavy (non-hydrogen) atoms. The summed E-state index contributed by atoms with van der Waals surface area (Å²) >= 11 is 0. The average molecular weight is 246 g/mol. The van der Waals surface area contributed by atoms with Crippen LogP contribution in [0, 0.1) is 11.3 Å². The lowest BCUT2D eigenvalue weighted by atomic mass is 10.0. The number of aromatic nitrogens is 2. The van der Waals surface area contributed by atoms with Crippen molar-refractivity contribution in [1.29, 1.82) is 0 Å². The lowest BCUT2D eigenvalue weighted by Gasteiger charge is -2.17. The minimum Gasteiger partial charge on any atom is -0.383 e. The number of nitrogens with two attached hydrogens (primary N) is 1. The van der Waals surface area contributed by atoms with E-state index < -0.39 is 0 Å². The molecule has 4 nitrogen and oxygen atoms in total. The maximum atomic E-state index is 5.94. The fourth-order valence-electron chi connectivity index (χ4n) is 2.92. The second-order valence-corrected chi connectivity index (χ2v) is 5.83. The summed E-state index contributed by atoms with van der Waals surface area (Å²) in [6, 6.07) is 0. The van der Waals surface area contributed by atoms with Gasteiger partial charge in [0.1, 0.15) is 18.0 Å². The number of rotatable bonds is 6. The Morgan fingerprint density at radius 1 is 1.39 bits per heavy atom. The van der Waals surface area contributed by atoms with Gasteiger partial charge < -0.3 is 11.1 Å². The molecule has 2 aliphatic rings. The molecule has 4 heteroatoms. The Morgan fingerprint density at radius 2 is 2.17 bits per heavy atom. The van der Waals surface area contributed by atoms with Crippen LogP contribution in [0.15, 0.2) is 6.33 Å². The van der Waals surface area contributed by atoms with Crippen LogP contribution in [0.25, 0.3) is 0 Å². The van der Waals surface area contributed by atoms with Crippen molar-refractivity contribution in [2.75, 3.05) is 17.6 Å². The Kier molecular flexibility index (Phi) is 2.88. The van der Waals surface area contributed by atoms with Crippen LogP contribution in [0.1, 0.15) is 44.6 Å². The molecule has 0 bridgehead atoms. The van der Waals surface area contributed by atoms with Gasteiger partial charge in [-0.2, -0.15) is 0 Å². The fraction of sp³-hybridized carbons (Fsp3) is 0.714. The van der Waals surface area contributed by atoms with E-state index in [1.165, 1.54) is 25.7 Å². The summed E-state index contributed by atoms with van der Waals surface area (Å²) in [7, 11) is 0. The lowest BCUT2D eigenvalue weighted by molar-refractivity contribution is 0.466. The summed E-state index contributed by atoms with van der Waals surface area (Å²) in [5.41, 5.74) is 7.62. The monoisotopic (exact) mass is 246 g/mol. The summed E-state index contributed by atoms with van der Waals surface area (Å²) in [5.74, 6) is 2.56. The van der Waals surface area contributed by atoms with Crippen LogP contribution in [0.2, 0.25) is 0 Å². The van der Waals surface area contributed by atoms with Crippen LogP contribution in [-0.2, 0) is 6.42 Å². The van der Waals surface area contributed by atoms with Crippen LogP contribution in [-0.4, -0.2) is 16.5 Å². The highest BCUT2D eigenvalue weighted by Gasteiger charge is 2.53. The predicted octanol–water partition coefficient (Wildman–Crippen LogP) is 2.61. The summed E-state index contributed by atoms with van der Waals surface area (Å²) in [4.78, 5) is 8.46. The Morgan fingerprint density at radius 3 is 2.78 bits per heavy atom. The van der Waals surface area contributed by atoms with Crippen LogP contribution in [0.3, 0.4) is 0 Å². The first kappa shape index (κ1) is 11.8. The molecule has 2 saturated carbocycles. The number of nitrogens with one attached hydrogen (secondary N) is 1. The molecule has 1 aromatic heterocycles. The van der Waals surface area contributed by atoms with E-state index in [-0.39, 0.29) is 0 Å². The Bertz CT molecular complexity index is 435. The molecule has 0 atom stereocenters. The topological polar surface area (TPSA) is 63.8 Å². The van der Waals surface area contributed by atoms with E-state index in [4.69, 9.17) is 5.73 Å². The first-order valence-electron chi connectivity index (χ1n) is 7.08. The maximum Gasteiger partial charge on any atom is 0.134 e. The lowest BCUT2D eigenvalue weighted by Crippen LogP contribution is -2.19. The van der Waals surface area contributed by atoms with Crippen molar-refractivity contribution in [3.05, 3.63) is 11.9 Å². The number of nitrogen functional groups attached to an aromatic ring is 1. The van der Waals surface area contributed by atoms with E-state index in [0.29, 0.717) is 11.2 Å². The third-order valence-electron chi connectivity index (χ3n) is 4.42. The minimum atomic E-state index is 0.587. The SMILES string of the molecule is CCCc1c(N)ncnc1NCC1(C2CC2)CC1. The molecule has 2 aliphatic carbocycles. The maximum absolute atomic E-state index is 5.94. The summed E-state index contributed by atoms with van der Waals surface area (Å²) in [5, 5.41) is 3.53. The molecule has 1 aromatic rings. The Hall–Kier alpha value is -1.32. The van der Waals surface area contributed by atoms with Crippen molar-refractivity contribution < 1.29 is 0 Å². The van der Waals surface area contributed by atoms with Crippen molar-refractivity contribution in [1.82, 2.24) is 9.97 Å². The number of hydrogen-bond donors (Lipinski definition) is 2. The van der Waals surface area contributed by atoms with Gasteiger partial charge in [-0.15, -0.1) is 0 Å². The van der Waals surface area contributed by atoms with Gasteiger partial charge in [-0.25, -0.2) is 9.97 Å². The van der Waals surface area contributed by atoms with Crippen molar-refractivity contribution in [3.8, 4) is 0 Å². The van der Waals surface area contributed by atoms with Crippen LogP contribution < -0.4 is 11.1 Å². The Balaban J connectivity index is 1.70. The molecule has 0 spiro atoms. The van der Waals surface area contributed by atoms with Crippen LogP contribution >= 0.6 is 0 Å². The van der Waals surface area contributed by atoms with Gasteiger partial charge in [0.2, 0.25) is 0 Å². The Labute approximate surface area is 108 Å². The zero-order chi connectivity index (χ0) is 12.6. The number of nitrogens with zero attached hydrogens (tertiary/aromatic N) is 2. The first-order chi connectivity index (χ1) is 8.75. The quantitative estimate of drug-likeness (QED) is 0.810. The molecule has 0 aromatic carbocycles. The van der Waals surface area contributed by atoms with Crippen LogP contribution in [0.5, 0.6) is 0 Å². The first-order valence-corrected chi connectivity index (χ1v) is 7.08. The fourth-order valence-corrected chi connectivity index (χ4v) is 2.92. The highest BCUT2D eigenvalue weighted by molar-refractivity contribution is 5.55. The van der Waals surface area contributed by atoms with Crippen molar-refractivity contribution in [3.63, 3.8) is 0 Å². The molecule has 0 aliphatic heterocycles. The molecule has 0 unspecified atom stereocenters. The summed E-state index contributed by atoms with van der Waals surface area (Å²) in [6.45, 7) is 3.22. The van der Waals surface area contributed by atoms with Crippen molar-refractivity contribution >= 4 is 11.6 Å². The predicted molar refractivity (Wildman–Crippen MR) is 73.3 cm³/mol. The van der Waals surface area contributed by atoms with Gasteiger partial charge in [0.05, 0.1) is 0 Å². The number of hydrogen-bond acceptors (Lipinski definition) is 4. The molecule has 98 valence electrons. The van der Waals surface area contributed by atoms with E-state index in [1.54, 1.807) is 6.33 Å². The molecule has 2 fully saturated rings. The normalized spacial score (nSPS) is 20.7. The van der Waals surface area contributed by atoms with E-state index in [2.05, 4.69) is 22.2 Å². The standard InChI is InChI=1S/C14H22N4/c1-2-3-11-12(15)17-9-18-13(11)16-8-14(6-7-14)10-4-5-10/h9-10H,2-8H2,1H3,(H3,15,16,17,18). The van der Waals surface area contributed by atoms with Gasteiger partial charge in [0.15, 0.2) is 0 Å². The van der Waals surface area contributed by atoms with Gasteiger partial charge in [-0.1, -0.05) is 13.3 Å². The number of anilines is 2.